The van der Waals surface area contributed by atoms with E-state index in [1.807, 2.05) is 25.1 Å². The molecule has 0 aromatic carbocycles. The fraction of sp³-hybridized carbons (Fsp3) is 0.647. The first-order chi connectivity index (χ1) is 10.5. The van der Waals surface area contributed by atoms with Gasteiger partial charge in [-0.2, -0.15) is 0 Å². The van der Waals surface area contributed by atoms with Crippen molar-refractivity contribution in [2.24, 2.45) is 5.92 Å². The lowest BCUT2D eigenvalue weighted by Crippen LogP contribution is -2.40. The number of carbonyl (C=O) groups is 1. The first kappa shape index (κ1) is 15.4. The highest BCUT2D eigenvalue weighted by Crippen LogP contribution is 2.40. The predicted molar refractivity (Wildman–Crippen MR) is 79.6 cm³/mol. The summed E-state index contributed by atoms with van der Waals surface area (Å²) >= 11 is 0. The van der Waals surface area contributed by atoms with Crippen LogP contribution in [0.2, 0.25) is 0 Å². The molecule has 0 bridgehead atoms. The summed E-state index contributed by atoms with van der Waals surface area (Å²) in [6, 6.07) is 5.74. The van der Waals surface area contributed by atoms with Crippen molar-refractivity contribution in [1.29, 1.82) is 0 Å². The zero-order valence-corrected chi connectivity index (χ0v) is 12.9. The molecule has 1 amide bonds. The van der Waals surface area contributed by atoms with Gasteiger partial charge in [-0.15, -0.1) is 0 Å². The van der Waals surface area contributed by atoms with Crippen LogP contribution in [-0.4, -0.2) is 28.3 Å². The lowest BCUT2D eigenvalue weighted by Gasteiger charge is -2.33. The molecule has 0 N–H and O–H groups in total. The van der Waals surface area contributed by atoms with E-state index in [1.54, 1.807) is 4.90 Å². The molecule has 2 atom stereocenters. The van der Waals surface area contributed by atoms with Gasteiger partial charge in [-0.1, -0.05) is 6.07 Å². The highest BCUT2D eigenvalue weighted by Gasteiger charge is 2.42. The summed E-state index contributed by atoms with van der Waals surface area (Å²) in [5.74, 6) is -3.32. The molecule has 0 radical (unpaired) electrons. The molecule has 5 heteroatoms. The largest absolute Gasteiger partial charge is 0.334 e. The summed E-state index contributed by atoms with van der Waals surface area (Å²) in [5, 5.41) is 0. The molecular weight excluding hydrogens is 286 g/mol. The first-order valence-electron chi connectivity index (χ1n) is 8.08. The number of hydrogen-bond donors (Lipinski definition) is 0. The summed E-state index contributed by atoms with van der Waals surface area (Å²) in [4.78, 5) is 19.0. The van der Waals surface area contributed by atoms with Gasteiger partial charge in [-0.3, -0.25) is 9.78 Å². The normalized spacial score (nSPS) is 27.9. The number of carbonyl (C=O) groups excluding carboxylic acids is 1. The van der Waals surface area contributed by atoms with Gasteiger partial charge in [0.1, 0.15) is 0 Å². The Balaban J connectivity index is 1.76. The number of aryl methyl sites for hydroxylation is 1. The van der Waals surface area contributed by atoms with Crippen molar-refractivity contribution >= 4 is 5.91 Å². The van der Waals surface area contributed by atoms with Gasteiger partial charge in [0.15, 0.2) is 0 Å². The number of likely N-dealkylation sites (tertiary alicyclic amines) is 1. The van der Waals surface area contributed by atoms with Crippen LogP contribution in [0.25, 0.3) is 0 Å². The van der Waals surface area contributed by atoms with E-state index in [-0.39, 0.29) is 24.8 Å². The smallest absolute Gasteiger partial charge is 0.248 e. The number of alkyl halides is 2. The number of pyridine rings is 1. The monoisotopic (exact) mass is 308 g/mol. The summed E-state index contributed by atoms with van der Waals surface area (Å²) in [5.41, 5.74) is 1.80. The van der Waals surface area contributed by atoms with E-state index in [9.17, 15) is 13.6 Å². The molecule has 120 valence electrons. The third-order valence-corrected chi connectivity index (χ3v) is 4.78. The molecule has 1 saturated carbocycles. The van der Waals surface area contributed by atoms with E-state index in [0.29, 0.717) is 19.4 Å². The van der Waals surface area contributed by atoms with E-state index in [4.69, 9.17) is 0 Å². The van der Waals surface area contributed by atoms with E-state index >= 15 is 0 Å². The van der Waals surface area contributed by atoms with Crippen molar-refractivity contribution in [1.82, 2.24) is 9.88 Å². The minimum Gasteiger partial charge on any atom is -0.334 e. The van der Waals surface area contributed by atoms with Gasteiger partial charge in [0.05, 0.1) is 11.7 Å². The zero-order chi connectivity index (χ0) is 15.7. The first-order valence-corrected chi connectivity index (χ1v) is 8.08. The highest BCUT2D eigenvalue weighted by molar-refractivity contribution is 5.79. The van der Waals surface area contributed by atoms with E-state index in [2.05, 4.69) is 4.98 Å². The molecule has 1 aliphatic carbocycles. The Labute approximate surface area is 129 Å². The molecule has 2 fully saturated rings. The molecule has 3 nitrogen and oxygen atoms in total. The van der Waals surface area contributed by atoms with Crippen molar-refractivity contribution in [2.45, 2.75) is 57.4 Å². The molecule has 0 spiro atoms. The van der Waals surface area contributed by atoms with Crippen LogP contribution in [0.5, 0.6) is 0 Å². The van der Waals surface area contributed by atoms with Gasteiger partial charge in [-0.25, -0.2) is 8.78 Å². The number of hydrogen-bond acceptors (Lipinski definition) is 2. The van der Waals surface area contributed by atoms with Crippen molar-refractivity contribution in [3.8, 4) is 0 Å². The zero-order valence-electron chi connectivity index (χ0n) is 12.9. The van der Waals surface area contributed by atoms with Gasteiger partial charge >= 0.3 is 0 Å². The lowest BCUT2D eigenvalue weighted by atomic mass is 9.85. The fourth-order valence-electron chi connectivity index (χ4n) is 3.70. The van der Waals surface area contributed by atoms with Crippen LogP contribution in [0.4, 0.5) is 8.78 Å². The Bertz CT molecular complexity index is 561. The van der Waals surface area contributed by atoms with Crippen LogP contribution in [0.1, 0.15) is 56.0 Å². The Kier molecular flexibility index (Phi) is 4.15. The number of rotatable bonds is 2. The van der Waals surface area contributed by atoms with Crippen molar-refractivity contribution in [2.75, 3.05) is 6.54 Å². The standard InChI is InChI=1S/C17H22F2N2O/c1-12-5-2-7-14(20-12)15-8-4-10-21(15)16(22)13-6-3-9-17(18,19)11-13/h2,5,7,13,15H,3-4,6,8-11H2,1H3/t13-,15-/m0/s1. The fourth-order valence-corrected chi connectivity index (χ4v) is 3.70. The summed E-state index contributed by atoms with van der Waals surface area (Å²) in [6.45, 7) is 2.58. The number of nitrogens with zero attached hydrogens (tertiary/aromatic N) is 2. The Morgan fingerprint density at radius 3 is 2.86 bits per heavy atom. The Morgan fingerprint density at radius 1 is 1.32 bits per heavy atom. The van der Waals surface area contributed by atoms with Gasteiger partial charge < -0.3 is 4.90 Å². The molecule has 3 rings (SSSR count). The average molecular weight is 308 g/mol. The minimum atomic E-state index is -2.69. The summed E-state index contributed by atoms with van der Waals surface area (Å²) < 4.78 is 27.2. The van der Waals surface area contributed by atoms with Gasteiger partial charge in [0, 0.05) is 31.0 Å². The second-order valence-electron chi connectivity index (χ2n) is 6.54. The van der Waals surface area contributed by atoms with Crippen LogP contribution in [-0.2, 0) is 4.79 Å². The molecule has 22 heavy (non-hydrogen) atoms. The van der Waals surface area contributed by atoms with Crippen LogP contribution >= 0.6 is 0 Å². The third kappa shape index (κ3) is 3.13. The number of halogens is 2. The SMILES string of the molecule is Cc1cccc([C@@H]2CCCN2C(=O)[C@H]2CCCC(F)(F)C2)n1. The second-order valence-corrected chi connectivity index (χ2v) is 6.54. The summed E-state index contributed by atoms with van der Waals surface area (Å²) in [6.07, 6.45) is 2.42. The van der Waals surface area contributed by atoms with Crippen molar-refractivity contribution in [3.05, 3.63) is 29.6 Å². The van der Waals surface area contributed by atoms with Gasteiger partial charge in [0.25, 0.3) is 0 Å². The van der Waals surface area contributed by atoms with Crippen LogP contribution in [0, 0.1) is 12.8 Å². The maximum absolute atomic E-state index is 13.6. The molecule has 1 aromatic heterocycles. The molecule has 1 saturated heterocycles. The molecule has 1 aromatic rings. The van der Waals surface area contributed by atoms with E-state index < -0.39 is 11.8 Å². The maximum Gasteiger partial charge on any atom is 0.248 e. The Hall–Kier alpha value is -1.52. The second kappa shape index (κ2) is 5.94. The Morgan fingerprint density at radius 2 is 2.14 bits per heavy atom. The predicted octanol–water partition coefficient (Wildman–Crippen LogP) is 3.88. The third-order valence-electron chi connectivity index (χ3n) is 4.78. The molecule has 1 aliphatic heterocycles. The van der Waals surface area contributed by atoms with Crippen LogP contribution < -0.4 is 0 Å². The highest BCUT2D eigenvalue weighted by atomic mass is 19.3. The quantitative estimate of drug-likeness (QED) is 0.830. The maximum atomic E-state index is 13.6. The van der Waals surface area contributed by atoms with Crippen molar-refractivity contribution < 1.29 is 13.6 Å². The van der Waals surface area contributed by atoms with Gasteiger partial charge in [-0.05, 0) is 44.7 Å². The van der Waals surface area contributed by atoms with E-state index in [1.165, 1.54) is 0 Å². The van der Waals surface area contributed by atoms with E-state index in [0.717, 1.165) is 24.2 Å². The summed E-state index contributed by atoms with van der Waals surface area (Å²) in [7, 11) is 0. The van der Waals surface area contributed by atoms with Gasteiger partial charge in [0.2, 0.25) is 11.8 Å². The molecule has 2 aliphatic rings. The molecule has 0 unspecified atom stereocenters. The minimum absolute atomic E-state index is 0.0528. The lowest BCUT2D eigenvalue weighted by molar-refractivity contribution is -0.143. The number of amides is 1. The number of aromatic nitrogens is 1. The van der Waals surface area contributed by atoms with Crippen LogP contribution in [0.15, 0.2) is 18.2 Å². The molecular formula is C17H22F2N2O. The topological polar surface area (TPSA) is 33.2 Å². The van der Waals surface area contributed by atoms with Crippen LogP contribution in [0.3, 0.4) is 0 Å². The molecule has 2 heterocycles. The van der Waals surface area contributed by atoms with Crippen molar-refractivity contribution in [3.63, 3.8) is 0 Å². The average Bonchev–Trinajstić information content (AvgIpc) is 2.94.